The van der Waals surface area contributed by atoms with Gasteiger partial charge in [0.2, 0.25) is 5.88 Å². The van der Waals surface area contributed by atoms with Gasteiger partial charge in [-0.3, -0.25) is 9.89 Å². The van der Waals surface area contributed by atoms with E-state index >= 15 is 0 Å². The summed E-state index contributed by atoms with van der Waals surface area (Å²) in [6.45, 7) is 3.99. The van der Waals surface area contributed by atoms with Crippen LogP contribution in [-0.4, -0.2) is 35.7 Å². The van der Waals surface area contributed by atoms with E-state index in [2.05, 4.69) is 36.5 Å². The zero-order chi connectivity index (χ0) is 20.8. The minimum Gasteiger partial charge on any atom is -0.438 e. The van der Waals surface area contributed by atoms with E-state index in [1.165, 1.54) is 13.1 Å². The van der Waals surface area contributed by atoms with Crippen LogP contribution in [0.5, 0.6) is 0 Å². The lowest BCUT2D eigenvalue weighted by Crippen LogP contribution is -2.37. The number of halogens is 1. The number of hydrogen-bond acceptors (Lipinski definition) is 7. The number of hydrogen-bond donors (Lipinski definition) is 5. The molecule has 154 valence electrons. The van der Waals surface area contributed by atoms with Crippen LogP contribution in [0.1, 0.15) is 26.0 Å². The van der Waals surface area contributed by atoms with Crippen molar-refractivity contribution in [1.29, 1.82) is 0 Å². The first-order valence-electron chi connectivity index (χ1n) is 9.24. The predicted octanol–water partition coefficient (Wildman–Crippen LogP) is 1.91. The van der Waals surface area contributed by atoms with Crippen LogP contribution in [0.2, 0.25) is 0 Å². The second-order valence-corrected chi connectivity index (χ2v) is 6.32. The molecule has 0 aromatic carbocycles. The average molecular weight is 401 g/mol. The number of aromatic amines is 1. The van der Waals surface area contributed by atoms with Gasteiger partial charge in [0.15, 0.2) is 11.6 Å². The molecule has 1 aromatic rings. The Balaban J connectivity index is 1.92. The molecule has 10 heteroatoms. The summed E-state index contributed by atoms with van der Waals surface area (Å²) >= 11 is 0. The van der Waals surface area contributed by atoms with E-state index in [4.69, 9.17) is 4.74 Å². The maximum atomic E-state index is 14.5. The smallest absolute Gasteiger partial charge is 0.260 e. The van der Waals surface area contributed by atoms with Crippen LogP contribution in [0, 0.1) is 0 Å². The summed E-state index contributed by atoms with van der Waals surface area (Å²) in [5.41, 5.74) is 1.89. The number of amides is 1. The summed E-state index contributed by atoms with van der Waals surface area (Å²) in [4.78, 5) is 16.8. The molecule has 0 spiro atoms. The van der Waals surface area contributed by atoms with Crippen molar-refractivity contribution in [3.05, 3.63) is 58.9 Å². The number of H-pyrrole nitrogens is 1. The zero-order valence-electron chi connectivity index (χ0n) is 16.5. The highest BCUT2D eigenvalue weighted by Crippen LogP contribution is 2.22. The van der Waals surface area contributed by atoms with E-state index in [9.17, 15) is 9.18 Å². The van der Waals surface area contributed by atoms with E-state index in [-0.39, 0.29) is 36.1 Å². The Morgan fingerprint density at radius 2 is 2.24 bits per heavy atom. The number of rotatable bonds is 5. The molecule has 3 rings (SSSR count). The number of aryl methyl sites for hydroxylation is 1. The van der Waals surface area contributed by atoms with E-state index in [0.717, 1.165) is 17.8 Å². The molecule has 0 atom stereocenters. The van der Waals surface area contributed by atoms with Crippen LogP contribution in [0.4, 0.5) is 10.2 Å². The van der Waals surface area contributed by atoms with Crippen LogP contribution in [0.15, 0.2) is 58.2 Å². The fraction of sp³-hybridized carbons (Fsp3) is 0.316. The lowest BCUT2D eigenvalue weighted by Gasteiger charge is -2.22. The SMILES string of the molecule is CCc1cc(NC2=NCNC(OC3=C(\F)C/C=C(/C)N/C=C\3)=C2C(=O)NC)n[nH]1. The van der Waals surface area contributed by atoms with Crippen molar-refractivity contribution in [1.82, 2.24) is 26.1 Å². The number of carbonyl (C=O) groups excluding carboxylic acids is 1. The second-order valence-electron chi connectivity index (χ2n) is 6.32. The monoisotopic (exact) mass is 401 g/mol. The summed E-state index contributed by atoms with van der Waals surface area (Å²) in [6, 6.07) is 1.83. The van der Waals surface area contributed by atoms with Gasteiger partial charge >= 0.3 is 0 Å². The Bertz CT molecular complexity index is 940. The van der Waals surface area contributed by atoms with Gasteiger partial charge in [-0.05, 0) is 19.4 Å². The number of amidine groups is 1. The molecule has 0 radical (unpaired) electrons. The zero-order valence-corrected chi connectivity index (χ0v) is 16.5. The summed E-state index contributed by atoms with van der Waals surface area (Å²) < 4.78 is 20.3. The number of allylic oxidation sites excluding steroid dienone is 4. The van der Waals surface area contributed by atoms with Gasteiger partial charge < -0.3 is 26.0 Å². The van der Waals surface area contributed by atoms with Crippen molar-refractivity contribution < 1.29 is 13.9 Å². The van der Waals surface area contributed by atoms with Gasteiger partial charge in [-0.25, -0.2) is 9.38 Å². The molecule has 5 N–H and O–H groups in total. The summed E-state index contributed by atoms with van der Waals surface area (Å²) in [6.07, 6.45) is 5.63. The number of nitrogens with zero attached hydrogens (tertiary/aromatic N) is 2. The van der Waals surface area contributed by atoms with Crippen molar-refractivity contribution in [2.45, 2.75) is 26.7 Å². The Kier molecular flexibility index (Phi) is 6.32. The first kappa shape index (κ1) is 20.2. The van der Waals surface area contributed by atoms with Crippen molar-refractivity contribution in [3.8, 4) is 0 Å². The van der Waals surface area contributed by atoms with Gasteiger partial charge in [0, 0.05) is 37.1 Å². The predicted molar refractivity (Wildman–Crippen MR) is 108 cm³/mol. The molecular weight excluding hydrogens is 377 g/mol. The molecule has 0 bridgehead atoms. The Morgan fingerprint density at radius 1 is 1.41 bits per heavy atom. The Labute approximate surface area is 167 Å². The van der Waals surface area contributed by atoms with Gasteiger partial charge in [-0.2, -0.15) is 5.10 Å². The molecular formula is C19H24FN7O2. The fourth-order valence-electron chi connectivity index (χ4n) is 2.66. The number of aliphatic imine (C=N–C) groups is 1. The third kappa shape index (κ3) is 4.84. The van der Waals surface area contributed by atoms with Gasteiger partial charge in [0.1, 0.15) is 23.9 Å². The third-order valence-electron chi connectivity index (χ3n) is 4.27. The molecule has 0 unspecified atom stereocenters. The van der Waals surface area contributed by atoms with Crippen molar-refractivity contribution in [2.75, 3.05) is 19.0 Å². The van der Waals surface area contributed by atoms with Crippen LogP contribution in [-0.2, 0) is 16.0 Å². The maximum Gasteiger partial charge on any atom is 0.260 e. The summed E-state index contributed by atoms with van der Waals surface area (Å²) in [5, 5.41) is 18.5. The Morgan fingerprint density at radius 3 is 2.97 bits per heavy atom. The van der Waals surface area contributed by atoms with Crippen molar-refractivity contribution >= 4 is 17.6 Å². The number of anilines is 1. The molecule has 3 heterocycles. The Hall–Kier alpha value is -3.56. The number of carbonyl (C=O) groups is 1. The fourth-order valence-corrected chi connectivity index (χ4v) is 2.66. The highest BCUT2D eigenvalue weighted by atomic mass is 19.1. The van der Waals surface area contributed by atoms with Gasteiger partial charge in [0.25, 0.3) is 5.91 Å². The summed E-state index contributed by atoms with van der Waals surface area (Å²) in [5.74, 6) is 0.00356. The highest BCUT2D eigenvalue weighted by molar-refractivity contribution is 6.25. The molecule has 1 aromatic heterocycles. The van der Waals surface area contributed by atoms with Gasteiger partial charge in [0.05, 0.1) is 0 Å². The topological polar surface area (TPSA) is 115 Å². The molecule has 0 saturated heterocycles. The van der Waals surface area contributed by atoms with Crippen LogP contribution >= 0.6 is 0 Å². The first-order chi connectivity index (χ1) is 14.0. The van der Waals surface area contributed by atoms with Crippen molar-refractivity contribution in [3.63, 3.8) is 0 Å². The normalized spacial score (nSPS) is 22.2. The van der Waals surface area contributed by atoms with E-state index < -0.39 is 11.7 Å². The minimum absolute atomic E-state index is 0.000517. The van der Waals surface area contributed by atoms with Gasteiger partial charge in [-0.15, -0.1) is 0 Å². The van der Waals surface area contributed by atoms with E-state index in [1.54, 1.807) is 12.3 Å². The van der Waals surface area contributed by atoms with Crippen LogP contribution in [0.3, 0.4) is 0 Å². The molecule has 9 nitrogen and oxygen atoms in total. The molecule has 29 heavy (non-hydrogen) atoms. The lowest BCUT2D eigenvalue weighted by atomic mass is 10.2. The van der Waals surface area contributed by atoms with Crippen molar-refractivity contribution in [2.24, 2.45) is 4.99 Å². The molecule has 0 saturated carbocycles. The average Bonchev–Trinajstić information content (AvgIpc) is 3.17. The molecule has 1 amide bonds. The molecule has 0 fully saturated rings. The standard InChI is InChI=1S/C19H24FN7O2/c1-4-12-9-15(27-26-12)25-17-16(18(28)21-3)19(24-10-23-17)29-14-7-8-22-11(2)5-6-13(14)20/h5,7-9,22,24H,4,6,10H2,1-3H3,(H,21,28)(H2,23,25,26,27)/b8-7-,11-5-,14-13-. The minimum atomic E-state index is -0.454. The van der Waals surface area contributed by atoms with E-state index in [1.807, 2.05) is 19.9 Å². The maximum absolute atomic E-state index is 14.5. The number of aromatic nitrogens is 2. The van der Waals surface area contributed by atoms with Crippen LogP contribution < -0.4 is 21.3 Å². The first-order valence-corrected chi connectivity index (χ1v) is 9.24. The highest BCUT2D eigenvalue weighted by Gasteiger charge is 2.27. The third-order valence-corrected chi connectivity index (χ3v) is 4.27. The quantitative estimate of drug-likeness (QED) is 0.515. The van der Waals surface area contributed by atoms with Gasteiger partial charge in [-0.1, -0.05) is 13.0 Å². The molecule has 2 aliphatic rings. The number of likely N-dealkylation sites (N-methyl/N-ethyl adjacent to an activating group) is 1. The second kappa shape index (κ2) is 9.09. The van der Waals surface area contributed by atoms with E-state index in [0.29, 0.717) is 5.82 Å². The largest absolute Gasteiger partial charge is 0.438 e. The molecule has 0 aliphatic carbocycles. The number of ether oxygens (including phenoxy) is 1. The molecule has 2 aliphatic heterocycles. The van der Waals surface area contributed by atoms with Crippen LogP contribution in [0.25, 0.3) is 0 Å². The lowest BCUT2D eigenvalue weighted by molar-refractivity contribution is -0.116. The summed E-state index contributed by atoms with van der Waals surface area (Å²) in [7, 11) is 1.50. The number of nitrogens with one attached hydrogen (secondary N) is 5.